The highest BCUT2D eigenvalue weighted by Gasteiger charge is 2.24. The van der Waals surface area contributed by atoms with Crippen molar-refractivity contribution in [3.05, 3.63) is 30.5 Å². The molecule has 2 aromatic rings. The maximum atomic E-state index is 12.1. The van der Waals surface area contributed by atoms with Crippen LogP contribution in [-0.2, 0) is 4.79 Å². The number of nitrogens with one attached hydrogen (secondary N) is 1. The van der Waals surface area contributed by atoms with Gasteiger partial charge in [-0.1, -0.05) is 20.8 Å². The van der Waals surface area contributed by atoms with Crippen molar-refractivity contribution in [2.24, 2.45) is 5.41 Å². The van der Waals surface area contributed by atoms with Crippen molar-refractivity contribution in [1.82, 2.24) is 9.88 Å². The fraction of sp³-hybridized carbons (Fsp3) is 0.333. The van der Waals surface area contributed by atoms with Crippen molar-refractivity contribution < 1.29 is 14.3 Å². The first-order valence-corrected chi connectivity index (χ1v) is 6.34. The highest BCUT2D eigenvalue weighted by molar-refractivity contribution is 6.01. The van der Waals surface area contributed by atoms with Gasteiger partial charge in [0.15, 0.2) is 0 Å². The van der Waals surface area contributed by atoms with E-state index in [4.69, 9.17) is 4.74 Å². The van der Waals surface area contributed by atoms with Crippen LogP contribution in [0.15, 0.2) is 30.5 Å². The third-order valence-corrected chi connectivity index (χ3v) is 3.02. The minimum atomic E-state index is -0.609. The Morgan fingerprint density at radius 2 is 1.90 bits per heavy atom. The van der Waals surface area contributed by atoms with Gasteiger partial charge in [-0.3, -0.25) is 14.7 Å². The molecule has 0 saturated heterocycles. The Bertz CT molecular complexity index is 665. The van der Waals surface area contributed by atoms with Crippen LogP contribution >= 0.6 is 0 Å². The molecule has 1 N–H and O–H groups in total. The van der Waals surface area contributed by atoms with Crippen molar-refractivity contribution >= 4 is 22.8 Å². The van der Waals surface area contributed by atoms with Crippen LogP contribution < -0.4 is 10.1 Å². The number of methoxy groups -OCH3 is 1. The summed E-state index contributed by atoms with van der Waals surface area (Å²) in [6.07, 6.45) is 1.63. The molecule has 0 atom stereocenters. The molecule has 0 aliphatic carbocycles. The smallest absolute Gasteiger partial charge is 0.332 e. The second-order valence-corrected chi connectivity index (χ2v) is 5.62. The lowest BCUT2D eigenvalue weighted by Gasteiger charge is -2.17. The summed E-state index contributed by atoms with van der Waals surface area (Å²) in [6, 6.07) is 6.75. The number of hydrogen-bond acceptors (Lipinski definition) is 3. The van der Waals surface area contributed by atoms with E-state index in [1.165, 1.54) is 4.57 Å². The number of hydrogen-bond donors (Lipinski definition) is 1. The van der Waals surface area contributed by atoms with Crippen molar-refractivity contribution in [3.8, 4) is 5.75 Å². The van der Waals surface area contributed by atoms with Gasteiger partial charge in [0.1, 0.15) is 5.75 Å². The summed E-state index contributed by atoms with van der Waals surface area (Å²) in [6.45, 7) is 5.27. The normalized spacial score (nSPS) is 11.4. The quantitative estimate of drug-likeness (QED) is 0.869. The van der Waals surface area contributed by atoms with Crippen LogP contribution in [0.4, 0.5) is 4.79 Å². The fourth-order valence-corrected chi connectivity index (χ4v) is 1.77. The van der Waals surface area contributed by atoms with Crippen LogP contribution in [0.5, 0.6) is 5.75 Å². The van der Waals surface area contributed by atoms with Gasteiger partial charge in [-0.2, -0.15) is 0 Å². The lowest BCUT2D eigenvalue weighted by molar-refractivity contribution is -0.127. The van der Waals surface area contributed by atoms with E-state index in [9.17, 15) is 9.59 Å². The van der Waals surface area contributed by atoms with Crippen molar-refractivity contribution in [1.29, 1.82) is 0 Å². The van der Waals surface area contributed by atoms with Crippen LogP contribution in [0.25, 0.3) is 10.9 Å². The molecule has 5 heteroatoms. The SMILES string of the molecule is COc1ccc2c(ccn2C(=O)NC(=O)C(C)(C)C)c1. The summed E-state index contributed by atoms with van der Waals surface area (Å²) < 4.78 is 6.55. The monoisotopic (exact) mass is 274 g/mol. The molecule has 0 fully saturated rings. The molecule has 0 bridgehead atoms. The molecule has 2 rings (SSSR count). The molecular weight excluding hydrogens is 256 g/mol. The Hall–Kier alpha value is -2.30. The second-order valence-electron chi connectivity index (χ2n) is 5.62. The molecule has 0 saturated carbocycles. The molecule has 1 aromatic carbocycles. The summed E-state index contributed by atoms with van der Waals surface area (Å²) in [5, 5.41) is 3.27. The van der Waals surface area contributed by atoms with E-state index in [-0.39, 0.29) is 5.91 Å². The largest absolute Gasteiger partial charge is 0.497 e. The van der Waals surface area contributed by atoms with E-state index in [1.54, 1.807) is 52.3 Å². The third-order valence-electron chi connectivity index (χ3n) is 3.02. The first-order chi connectivity index (χ1) is 9.32. The summed E-state index contributed by atoms with van der Waals surface area (Å²) >= 11 is 0. The zero-order valence-corrected chi connectivity index (χ0v) is 12.1. The number of carbonyl (C=O) groups is 2. The topological polar surface area (TPSA) is 60.3 Å². The summed E-state index contributed by atoms with van der Waals surface area (Å²) in [7, 11) is 1.59. The first kappa shape index (κ1) is 14.1. The molecule has 0 unspecified atom stereocenters. The fourth-order valence-electron chi connectivity index (χ4n) is 1.77. The number of rotatable bonds is 1. The maximum absolute atomic E-state index is 12.1. The van der Waals surface area contributed by atoms with Gasteiger partial charge in [0, 0.05) is 17.0 Å². The van der Waals surface area contributed by atoms with Gasteiger partial charge >= 0.3 is 6.03 Å². The zero-order chi connectivity index (χ0) is 14.9. The molecular formula is C15H18N2O3. The Labute approximate surface area is 117 Å². The summed E-state index contributed by atoms with van der Waals surface area (Å²) in [5.74, 6) is 0.416. The van der Waals surface area contributed by atoms with E-state index in [2.05, 4.69) is 5.32 Å². The first-order valence-electron chi connectivity index (χ1n) is 6.34. The van der Waals surface area contributed by atoms with Crippen molar-refractivity contribution in [2.75, 3.05) is 7.11 Å². The van der Waals surface area contributed by atoms with Crippen molar-refractivity contribution in [3.63, 3.8) is 0 Å². The molecule has 106 valence electrons. The summed E-state index contributed by atoms with van der Waals surface area (Å²) in [5.41, 5.74) is 0.118. The zero-order valence-electron chi connectivity index (χ0n) is 12.1. The number of nitrogens with zero attached hydrogens (tertiary/aromatic N) is 1. The van der Waals surface area contributed by atoms with Gasteiger partial charge in [-0.15, -0.1) is 0 Å². The minimum absolute atomic E-state index is 0.308. The third kappa shape index (κ3) is 2.66. The number of imide groups is 1. The average molecular weight is 274 g/mol. The number of fused-ring (bicyclic) bond motifs is 1. The van der Waals surface area contributed by atoms with E-state index in [1.807, 2.05) is 6.07 Å². The maximum Gasteiger partial charge on any atom is 0.332 e. The van der Waals surface area contributed by atoms with Crippen molar-refractivity contribution in [2.45, 2.75) is 20.8 Å². The van der Waals surface area contributed by atoms with Gasteiger partial charge in [0.05, 0.1) is 12.6 Å². The predicted octanol–water partition coefficient (Wildman–Crippen LogP) is 2.78. The number of benzene rings is 1. The molecule has 2 amide bonds. The van der Waals surface area contributed by atoms with Gasteiger partial charge in [0.2, 0.25) is 5.91 Å². The lowest BCUT2D eigenvalue weighted by atomic mass is 9.96. The minimum Gasteiger partial charge on any atom is -0.497 e. The molecule has 5 nitrogen and oxygen atoms in total. The van der Waals surface area contributed by atoms with Gasteiger partial charge < -0.3 is 4.74 Å². The molecule has 0 radical (unpaired) electrons. The Kier molecular flexibility index (Phi) is 3.53. The highest BCUT2D eigenvalue weighted by atomic mass is 16.5. The van der Waals surface area contributed by atoms with E-state index < -0.39 is 11.4 Å². The van der Waals surface area contributed by atoms with Gasteiger partial charge in [-0.05, 0) is 24.3 Å². The molecule has 1 heterocycles. The van der Waals surface area contributed by atoms with Crippen LogP contribution in [0, 0.1) is 5.41 Å². The average Bonchev–Trinajstić information content (AvgIpc) is 2.80. The molecule has 0 aliphatic rings. The number of carbonyl (C=O) groups excluding carboxylic acids is 2. The van der Waals surface area contributed by atoms with Gasteiger partial charge in [-0.25, -0.2) is 4.79 Å². The Balaban J connectivity index is 2.29. The van der Waals surface area contributed by atoms with Crippen LogP contribution in [0.3, 0.4) is 0 Å². The van der Waals surface area contributed by atoms with E-state index in [0.29, 0.717) is 0 Å². The molecule has 1 aromatic heterocycles. The van der Waals surface area contributed by atoms with Crippen LogP contribution in [0.2, 0.25) is 0 Å². The Morgan fingerprint density at radius 3 is 2.50 bits per heavy atom. The number of amides is 2. The second kappa shape index (κ2) is 5.00. The predicted molar refractivity (Wildman–Crippen MR) is 76.9 cm³/mol. The molecule has 20 heavy (non-hydrogen) atoms. The lowest BCUT2D eigenvalue weighted by Crippen LogP contribution is -2.40. The molecule has 0 aliphatic heterocycles. The standard InChI is InChI=1S/C15H18N2O3/c1-15(2,3)13(18)16-14(19)17-8-7-10-9-11(20-4)5-6-12(10)17/h5-9H,1-4H3,(H,16,18,19). The van der Waals surface area contributed by atoms with Crippen LogP contribution in [-0.4, -0.2) is 23.6 Å². The van der Waals surface area contributed by atoms with Gasteiger partial charge in [0.25, 0.3) is 0 Å². The number of aromatic nitrogens is 1. The highest BCUT2D eigenvalue weighted by Crippen LogP contribution is 2.22. The Morgan fingerprint density at radius 1 is 1.20 bits per heavy atom. The number of ether oxygens (including phenoxy) is 1. The van der Waals surface area contributed by atoms with Crippen LogP contribution in [0.1, 0.15) is 20.8 Å². The van der Waals surface area contributed by atoms with E-state index in [0.717, 1.165) is 16.7 Å². The summed E-state index contributed by atoms with van der Waals surface area (Å²) in [4.78, 5) is 24.0. The van der Waals surface area contributed by atoms with E-state index >= 15 is 0 Å². The molecule has 0 spiro atoms.